The molecule has 2 aromatic carbocycles. The lowest BCUT2D eigenvalue weighted by molar-refractivity contribution is -0.145. The number of methoxy groups -OCH3 is 1. The van der Waals surface area contributed by atoms with Crippen molar-refractivity contribution >= 4 is 29.2 Å². The maximum absolute atomic E-state index is 12.9. The normalized spacial score (nSPS) is 11.7. The molecule has 0 spiro atoms. The van der Waals surface area contributed by atoms with E-state index in [1.165, 1.54) is 12.0 Å². The van der Waals surface area contributed by atoms with Gasteiger partial charge in [0.25, 0.3) is 5.91 Å². The molecule has 2 rings (SSSR count). The Morgan fingerprint density at radius 3 is 2.40 bits per heavy atom. The molecule has 2 aromatic rings. The Hall–Kier alpha value is -2.53. The molecule has 0 aliphatic rings. The summed E-state index contributed by atoms with van der Waals surface area (Å²) in [6.45, 7) is 1.81. The van der Waals surface area contributed by atoms with Gasteiger partial charge in [-0.05, 0) is 36.2 Å². The van der Waals surface area contributed by atoms with E-state index in [1.54, 1.807) is 44.3 Å². The van der Waals surface area contributed by atoms with Gasteiger partial charge in [-0.3, -0.25) is 4.79 Å². The molecule has 0 heterocycles. The fraction of sp³-hybridized carbons (Fsp3) is 0.263. The molecule has 0 aliphatic heterocycles. The first-order valence-corrected chi connectivity index (χ1v) is 8.17. The fourth-order valence-electron chi connectivity index (χ4n) is 2.61. The van der Waals surface area contributed by atoms with Crippen LogP contribution in [0.1, 0.15) is 21.5 Å². The number of rotatable bonds is 5. The molecule has 0 fully saturated rings. The van der Waals surface area contributed by atoms with E-state index in [-0.39, 0.29) is 5.91 Å². The van der Waals surface area contributed by atoms with Crippen LogP contribution in [-0.4, -0.2) is 37.0 Å². The predicted molar refractivity (Wildman–Crippen MR) is 98.6 cm³/mol. The highest BCUT2D eigenvalue weighted by Gasteiger charge is 2.30. The Morgan fingerprint density at radius 2 is 1.84 bits per heavy atom. The van der Waals surface area contributed by atoms with Crippen LogP contribution < -0.4 is 5.73 Å². The van der Waals surface area contributed by atoms with Crippen LogP contribution >= 0.6 is 11.6 Å². The van der Waals surface area contributed by atoms with Crippen molar-refractivity contribution in [2.75, 3.05) is 19.9 Å². The van der Waals surface area contributed by atoms with E-state index in [0.29, 0.717) is 22.7 Å². The number of carbonyl (C=O) groups excluding carboxylic acids is 2. The number of nitrogens with zero attached hydrogens (tertiary/aromatic N) is 1. The molecule has 6 heteroatoms. The Kier molecular flexibility index (Phi) is 6.04. The van der Waals surface area contributed by atoms with Crippen molar-refractivity contribution in [3.05, 3.63) is 64.2 Å². The molecule has 0 aliphatic carbocycles. The molecule has 0 aromatic heterocycles. The van der Waals surface area contributed by atoms with Crippen molar-refractivity contribution in [2.24, 2.45) is 0 Å². The lowest BCUT2D eigenvalue weighted by atomic mass is 10.0. The van der Waals surface area contributed by atoms with E-state index in [4.69, 9.17) is 22.1 Å². The number of halogens is 1. The number of hydrogen-bond acceptors (Lipinski definition) is 4. The number of likely N-dealkylation sites (N-methyl/N-ethyl adjacent to an activating group) is 1. The minimum Gasteiger partial charge on any atom is -0.467 e. The average molecular weight is 361 g/mol. The summed E-state index contributed by atoms with van der Waals surface area (Å²) in [5.74, 6) is -0.814. The van der Waals surface area contributed by atoms with Crippen LogP contribution in [0.5, 0.6) is 0 Å². The molecule has 25 heavy (non-hydrogen) atoms. The van der Waals surface area contributed by atoms with E-state index < -0.39 is 12.0 Å². The van der Waals surface area contributed by atoms with Crippen LogP contribution in [0.2, 0.25) is 5.02 Å². The van der Waals surface area contributed by atoms with E-state index in [0.717, 1.165) is 11.1 Å². The van der Waals surface area contributed by atoms with Crippen molar-refractivity contribution in [2.45, 2.75) is 19.4 Å². The summed E-state index contributed by atoms with van der Waals surface area (Å²) in [6.07, 6.45) is 0.318. The molecule has 0 saturated carbocycles. The Morgan fingerprint density at radius 1 is 1.20 bits per heavy atom. The van der Waals surface area contributed by atoms with Crippen LogP contribution in [0.3, 0.4) is 0 Å². The first kappa shape index (κ1) is 18.8. The summed E-state index contributed by atoms with van der Waals surface area (Å²) in [4.78, 5) is 26.5. The smallest absolute Gasteiger partial charge is 0.328 e. The number of aryl methyl sites for hydroxylation is 1. The number of carbonyl (C=O) groups is 2. The summed E-state index contributed by atoms with van der Waals surface area (Å²) < 4.78 is 4.89. The van der Waals surface area contributed by atoms with Crippen molar-refractivity contribution < 1.29 is 14.3 Å². The largest absolute Gasteiger partial charge is 0.467 e. The van der Waals surface area contributed by atoms with Gasteiger partial charge in [-0.2, -0.15) is 0 Å². The SMILES string of the molecule is COC(=O)C(Cc1ccc(N)cc1)N(C)C(=O)c1c(C)cccc1Cl. The standard InChI is InChI=1S/C19H21ClN2O3/c1-12-5-4-6-15(20)17(12)18(23)22(2)16(19(24)25-3)11-13-7-9-14(21)10-8-13/h4-10,16H,11,21H2,1-3H3. The predicted octanol–water partition coefficient (Wildman–Crippen LogP) is 3.09. The van der Waals surface area contributed by atoms with Crippen molar-refractivity contribution in [3.63, 3.8) is 0 Å². The summed E-state index contributed by atoms with van der Waals surface area (Å²) in [5, 5.41) is 0.355. The van der Waals surface area contributed by atoms with Gasteiger partial charge in [0.1, 0.15) is 6.04 Å². The first-order chi connectivity index (χ1) is 11.8. The monoisotopic (exact) mass is 360 g/mol. The second-order valence-electron chi connectivity index (χ2n) is 5.83. The van der Waals surface area contributed by atoms with Crippen molar-refractivity contribution in [1.29, 1.82) is 0 Å². The third kappa shape index (κ3) is 4.31. The van der Waals surface area contributed by atoms with Gasteiger partial charge in [0, 0.05) is 19.2 Å². The molecule has 0 radical (unpaired) electrons. The second kappa shape index (κ2) is 8.03. The molecule has 1 amide bonds. The van der Waals surface area contributed by atoms with E-state index in [1.807, 2.05) is 12.1 Å². The number of anilines is 1. The summed E-state index contributed by atoms with van der Waals surface area (Å²) in [7, 11) is 2.88. The Labute approximate surface area is 152 Å². The maximum Gasteiger partial charge on any atom is 0.328 e. The first-order valence-electron chi connectivity index (χ1n) is 7.79. The number of esters is 1. The van der Waals surface area contributed by atoms with Gasteiger partial charge in [0.05, 0.1) is 17.7 Å². The lowest BCUT2D eigenvalue weighted by Crippen LogP contribution is -2.44. The zero-order valence-electron chi connectivity index (χ0n) is 14.5. The molecule has 0 bridgehead atoms. The lowest BCUT2D eigenvalue weighted by Gasteiger charge is -2.27. The summed E-state index contributed by atoms with van der Waals surface area (Å²) in [6, 6.07) is 11.6. The van der Waals surface area contributed by atoms with E-state index in [9.17, 15) is 9.59 Å². The zero-order chi connectivity index (χ0) is 18.6. The molecule has 0 saturated heterocycles. The van der Waals surface area contributed by atoms with Gasteiger partial charge in [0.15, 0.2) is 0 Å². The number of amides is 1. The minimum absolute atomic E-state index is 0.318. The van der Waals surface area contributed by atoms with Crippen molar-refractivity contribution in [3.8, 4) is 0 Å². The zero-order valence-corrected chi connectivity index (χ0v) is 15.2. The molecular weight excluding hydrogens is 340 g/mol. The number of benzene rings is 2. The maximum atomic E-state index is 12.9. The number of ether oxygens (including phenoxy) is 1. The quantitative estimate of drug-likeness (QED) is 0.657. The van der Waals surface area contributed by atoms with Gasteiger partial charge >= 0.3 is 5.97 Å². The number of hydrogen-bond donors (Lipinski definition) is 1. The minimum atomic E-state index is -0.767. The summed E-state index contributed by atoms with van der Waals surface area (Å²) >= 11 is 6.19. The molecule has 1 unspecified atom stereocenters. The topological polar surface area (TPSA) is 72.6 Å². The van der Waals surface area contributed by atoms with E-state index in [2.05, 4.69) is 0 Å². The molecule has 132 valence electrons. The average Bonchev–Trinajstić information content (AvgIpc) is 2.59. The van der Waals surface area contributed by atoms with Gasteiger partial charge in [-0.1, -0.05) is 35.9 Å². The van der Waals surface area contributed by atoms with Gasteiger partial charge < -0.3 is 15.4 Å². The fourth-order valence-corrected chi connectivity index (χ4v) is 2.91. The highest BCUT2D eigenvalue weighted by molar-refractivity contribution is 6.34. The van der Waals surface area contributed by atoms with Crippen LogP contribution in [-0.2, 0) is 16.0 Å². The summed E-state index contributed by atoms with van der Waals surface area (Å²) in [5.41, 5.74) is 8.34. The Bertz CT molecular complexity index is 754. The third-order valence-electron chi connectivity index (χ3n) is 4.11. The van der Waals surface area contributed by atoms with Crippen LogP contribution in [0.25, 0.3) is 0 Å². The van der Waals surface area contributed by atoms with Crippen LogP contribution in [0, 0.1) is 6.92 Å². The number of nitrogens with two attached hydrogens (primary N) is 1. The molecule has 2 N–H and O–H groups in total. The highest BCUT2D eigenvalue weighted by Crippen LogP contribution is 2.23. The van der Waals surface area contributed by atoms with Gasteiger partial charge in [0.2, 0.25) is 0 Å². The second-order valence-corrected chi connectivity index (χ2v) is 6.24. The molecule has 1 atom stereocenters. The van der Waals surface area contributed by atoms with Crippen molar-refractivity contribution in [1.82, 2.24) is 4.90 Å². The highest BCUT2D eigenvalue weighted by atomic mass is 35.5. The van der Waals surface area contributed by atoms with E-state index >= 15 is 0 Å². The van der Waals surface area contributed by atoms with Crippen LogP contribution in [0.4, 0.5) is 5.69 Å². The molecule has 5 nitrogen and oxygen atoms in total. The molecular formula is C19H21ClN2O3. The van der Waals surface area contributed by atoms with Gasteiger partial charge in [-0.15, -0.1) is 0 Å². The third-order valence-corrected chi connectivity index (χ3v) is 4.42. The van der Waals surface area contributed by atoms with Crippen LogP contribution in [0.15, 0.2) is 42.5 Å². The Balaban J connectivity index is 2.32. The van der Waals surface area contributed by atoms with Gasteiger partial charge in [-0.25, -0.2) is 4.79 Å². The number of nitrogen functional groups attached to an aromatic ring is 1.